The molecular weight excluding hydrogens is 552 g/mol. The predicted molar refractivity (Wildman–Crippen MR) is 150 cm³/mol. The fourth-order valence-corrected chi connectivity index (χ4v) is 6.12. The summed E-state index contributed by atoms with van der Waals surface area (Å²) in [7, 11) is -3.16. The van der Waals surface area contributed by atoms with Gasteiger partial charge in [-0.3, -0.25) is 9.88 Å². The number of aryl methyl sites for hydroxylation is 1. The minimum absolute atomic E-state index is 0.499. The maximum atomic E-state index is 11.9. The zero-order valence-corrected chi connectivity index (χ0v) is 23.5. The molecule has 4 aromatic rings. The van der Waals surface area contributed by atoms with Gasteiger partial charge in [-0.1, -0.05) is 49.7 Å². The summed E-state index contributed by atoms with van der Waals surface area (Å²) in [5.74, 6) is 0. The molecule has 0 atom stereocenters. The van der Waals surface area contributed by atoms with Crippen molar-refractivity contribution in [1.82, 2.24) is 28.8 Å². The lowest BCUT2D eigenvalue weighted by Gasteiger charge is -2.33. The second kappa shape index (κ2) is 11.0. The van der Waals surface area contributed by atoms with Crippen molar-refractivity contribution in [3.05, 3.63) is 70.7 Å². The third-order valence-electron chi connectivity index (χ3n) is 6.83. The fourth-order valence-electron chi connectivity index (χ4n) is 4.72. The van der Waals surface area contributed by atoms with E-state index in [2.05, 4.69) is 46.0 Å². The average molecular weight is 584 g/mol. The fraction of sp³-hybridized carbons (Fsp3) is 0.370. The average Bonchev–Trinajstić information content (AvgIpc) is 3.32. The highest BCUT2D eigenvalue weighted by Crippen LogP contribution is 2.31. The quantitative estimate of drug-likeness (QED) is 0.301. The maximum absolute atomic E-state index is 11.9. The smallest absolute Gasteiger partial charge is 0.211 e. The van der Waals surface area contributed by atoms with Crippen LogP contribution in [0.15, 0.2) is 59.3 Å². The van der Waals surface area contributed by atoms with Crippen molar-refractivity contribution in [1.29, 1.82) is 0 Å². The van der Waals surface area contributed by atoms with Crippen LogP contribution < -0.4 is 0 Å². The Balaban J connectivity index is 1.48. The highest BCUT2D eigenvalue weighted by Gasteiger charge is 2.25. The Morgan fingerprint density at radius 2 is 1.73 bits per heavy atom. The Bertz CT molecular complexity index is 1480. The van der Waals surface area contributed by atoms with Gasteiger partial charge in [0.15, 0.2) is 5.65 Å². The molecule has 8 nitrogen and oxygen atoms in total. The predicted octanol–water partition coefficient (Wildman–Crippen LogP) is 4.64. The monoisotopic (exact) mass is 582 g/mol. The van der Waals surface area contributed by atoms with E-state index in [-0.39, 0.29) is 0 Å². The summed E-state index contributed by atoms with van der Waals surface area (Å²) in [6, 6.07) is 14.2. The third kappa shape index (κ3) is 5.62. The standard InChI is InChI=1S/C27H31BrN6O2S/c1-3-4-10-25-26(28)24(19-32-13-15-33(16-14-32)37(2,35)36)31-27-22(18-30-34(25)27)21-11-12-23(29-17-21)20-8-6-5-7-9-20/h5-9,11-12,17-18H,3-4,10,13-16,19H2,1-2H3. The van der Waals surface area contributed by atoms with Crippen LogP contribution in [0.4, 0.5) is 0 Å². The Kier molecular flexibility index (Phi) is 7.71. The van der Waals surface area contributed by atoms with Crippen LogP contribution >= 0.6 is 15.9 Å². The van der Waals surface area contributed by atoms with Gasteiger partial charge in [-0.2, -0.15) is 9.40 Å². The van der Waals surface area contributed by atoms with Crippen molar-refractivity contribution in [3.63, 3.8) is 0 Å². The third-order valence-corrected chi connectivity index (χ3v) is 9.05. The first kappa shape index (κ1) is 26.0. The van der Waals surface area contributed by atoms with Gasteiger partial charge in [-0.25, -0.2) is 17.9 Å². The lowest BCUT2D eigenvalue weighted by Crippen LogP contribution is -2.47. The summed E-state index contributed by atoms with van der Waals surface area (Å²) in [6.45, 7) is 5.17. The lowest BCUT2D eigenvalue weighted by molar-refractivity contribution is 0.180. The van der Waals surface area contributed by atoms with E-state index < -0.39 is 10.0 Å². The number of rotatable bonds is 8. The molecule has 1 saturated heterocycles. The summed E-state index contributed by atoms with van der Waals surface area (Å²) >= 11 is 3.84. The number of halogens is 1. The van der Waals surface area contributed by atoms with Gasteiger partial charge in [0.05, 0.1) is 34.0 Å². The number of unbranched alkanes of at least 4 members (excludes halogenated alkanes) is 1. The van der Waals surface area contributed by atoms with Crippen LogP contribution in [0.25, 0.3) is 28.0 Å². The second-order valence-electron chi connectivity index (χ2n) is 9.45. The molecule has 1 fully saturated rings. The van der Waals surface area contributed by atoms with Gasteiger partial charge in [-0.05, 0) is 34.8 Å². The first-order valence-corrected chi connectivity index (χ1v) is 15.2. The van der Waals surface area contributed by atoms with Gasteiger partial charge < -0.3 is 0 Å². The van der Waals surface area contributed by atoms with Gasteiger partial charge in [0.25, 0.3) is 0 Å². The van der Waals surface area contributed by atoms with E-state index in [4.69, 9.17) is 15.1 Å². The zero-order valence-electron chi connectivity index (χ0n) is 21.1. The summed E-state index contributed by atoms with van der Waals surface area (Å²) in [5, 5.41) is 4.72. The summed E-state index contributed by atoms with van der Waals surface area (Å²) < 4.78 is 28.3. The first-order valence-electron chi connectivity index (χ1n) is 12.6. The number of pyridine rings is 1. The Morgan fingerprint density at radius 1 is 0.973 bits per heavy atom. The minimum atomic E-state index is -3.16. The summed E-state index contributed by atoms with van der Waals surface area (Å²) in [6.07, 6.45) is 8.05. The van der Waals surface area contributed by atoms with Crippen molar-refractivity contribution in [2.75, 3.05) is 32.4 Å². The normalized spacial score (nSPS) is 15.4. The SMILES string of the molecule is CCCCc1c(Br)c(CN2CCN(S(C)(=O)=O)CC2)nc2c(-c3ccc(-c4ccccc4)nc3)cnn12. The van der Waals surface area contributed by atoms with E-state index in [1.165, 1.54) is 6.26 Å². The topological polar surface area (TPSA) is 83.7 Å². The largest absolute Gasteiger partial charge is 0.295 e. The number of piperazine rings is 1. The Labute approximate surface area is 226 Å². The van der Waals surface area contributed by atoms with Gasteiger partial charge in [0.1, 0.15) is 0 Å². The van der Waals surface area contributed by atoms with Gasteiger partial charge in [0.2, 0.25) is 10.0 Å². The minimum Gasteiger partial charge on any atom is -0.295 e. The van der Waals surface area contributed by atoms with E-state index >= 15 is 0 Å². The number of aromatic nitrogens is 4. The molecule has 3 aromatic heterocycles. The van der Waals surface area contributed by atoms with Gasteiger partial charge in [-0.15, -0.1) is 0 Å². The van der Waals surface area contributed by atoms with Crippen LogP contribution in [0, 0.1) is 0 Å². The van der Waals surface area contributed by atoms with Crippen LogP contribution in [0.3, 0.4) is 0 Å². The number of fused-ring (bicyclic) bond motifs is 1. The Hall–Kier alpha value is -2.66. The molecular formula is C27H31BrN6O2S. The summed E-state index contributed by atoms with van der Waals surface area (Å²) in [4.78, 5) is 12.0. The van der Waals surface area contributed by atoms with E-state index in [1.54, 1.807) is 4.31 Å². The van der Waals surface area contributed by atoms with Crippen molar-refractivity contribution < 1.29 is 8.42 Å². The number of benzene rings is 1. The van der Waals surface area contributed by atoms with Crippen LogP contribution in [-0.2, 0) is 23.0 Å². The molecule has 0 aliphatic carbocycles. The molecule has 37 heavy (non-hydrogen) atoms. The second-order valence-corrected chi connectivity index (χ2v) is 12.2. The molecule has 1 aromatic carbocycles. The molecule has 0 bridgehead atoms. The van der Waals surface area contributed by atoms with Crippen molar-refractivity contribution in [2.24, 2.45) is 0 Å². The molecule has 0 saturated carbocycles. The Morgan fingerprint density at radius 3 is 2.38 bits per heavy atom. The molecule has 5 rings (SSSR count). The van der Waals surface area contributed by atoms with Crippen molar-refractivity contribution in [3.8, 4) is 22.4 Å². The molecule has 0 N–H and O–H groups in total. The van der Waals surface area contributed by atoms with Crippen LogP contribution in [-0.4, -0.2) is 69.6 Å². The number of sulfonamides is 1. The molecule has 194 valence electrons. The molecule has 1 aliphatic rings. The lowest BCUT2D eigenvalue weighted by atomic mass is 10.1. The number of hydrogen-bond donors (Lipinski definition) is 0. The number of nitrogens with zero attached hydrogens (tertiary/aromatic N) is 6. The molecule has 10 heteroatoms. The number of hydrogen-bond acceptors (Lipinski definition) is 6. The summed E-state index contributed by atoms with van der Waals surface area (Å²) in [5.41, 5.74) is 6.79. The molecule has 4 heterocycles. The van der Waals surface area contributed by atoms with E-state index in [0.29, 0.717) is 32.7 Å². The van der Waals surface area contributed by atoms with E-state index in [0.717, 1.165) is 63.2 Å². The molecule has 0 amide bonds. The van der Waals surface area contributed by atoms with Crippen LogP contribution in [0.1, 0.15) is 31.2 Å². The van der Waals surface area contributed by atoms with Crippen molar-refractivity contribution >= 4 is 31.6 Å². The molecule has 0 radical (unpaired) electrons. The highest BCUT2D eigenvalue weighted by molar-refractivity contribution is 9.10. The van der Waals surface area contributed by atoms with Crippen molar-refractivity contribution in [2.45, 2.75) is 32.7 Å². The van der Waals surface area contributed by atoms with E-state index in [1.807, 2.05) is 41.2 Å². The first-order chi connectivity index (χ1) is 17.8. The molecule has 0 unspecified atom stereocenters. The van der Waals surface area contributed by atoms with Crippen LogP contribution in [0.5, 0.6) is 0 Å². The maximum Gasteiger partial charge on any atom is 0.211 e. The van der Waals surface area contributed by atoms with E-state index in [9.17, 15) is 8.42 Å². The molecule has 0 spiro atoms. The highest BCUT2D eigenvalue weighted by atomic mass is 79.9. The van der Waals surface area contributed by atoms with Crippen LogP contribution in [0.2, 0.25) is 0 Å². The van der Waals surface area contributed by atoms with Gasteiger partial charge >= 0.3 is 0 Å². The van der Waals surface area contributed by atoms with Gasteiger partial charge in [0, 0.05) is 55.6 Å². The zero-order chi connectivity index (χ0) is 26.0. The molecule has 1 aliphatic heterocycles.